The molecule has 0 saturated heterocycles. The molecule has 5 heteroatoms. The van der Waals surface area contributed by atoms with Crippen LogP contribution in [-0.4, -0.2) is 42.2 Å². The topological polar surface area (TPSA) is 41.6 Å². The number of carbonyl (C=O) groups excluding carboxylic acids is 1. The molecule has 0 heterocycles. The van der Waals surface area contributed by atoms with Crippen molar-refractivity contribution in [2.45, 2.75) is 51.7 Å². The molecular weight excluding hydrogens is 240 g/mol. The molecule has 0 spiro atoms. The van der Waals surface area contributed by atoms with E-state index in [4.69, 9.17) is 16.5 Å². The van der Waals surface area contributed by atoms with E-state index < -0.39 is 0 Å². The standard InChI is InChI=1S/C12H25ClN2O2/c1-11(2,15(5)13)7-9-17-12(3,4)6-8-14-10-16/h10H,6-9H2,1-5H3,(H,14,16). The van der Waals surface area contributed by atoms with E-state index in [1.807, 2.05) is 20.9 Å². The number of halogens is 1. The lowest BCUT2D eigenvalue weighted by atomic mass is 10.0. The van der Waals surface area contributed by atoms with Gasteiger partial charge in [0.1, 0.15) is 0 Å². The van der Waals surface area contributed by atoms with Crippen molar-refractivity contribution in [3.8, 4) is 0 Å². The number of nitrogens with one attached hydrogen (secondary N) is 1. The van der Waals surface area contributed by atoms with E-state index in [0.717, 1.165) is 12.8 Å². The van der Waals surface area contributed by atoms with Crippen LogP contribution in [0.4, 0.5) is 0 Å². The van der Waals surface area contributed by atoms with Gasteiger partial charge in [0.15, 0.2) is 0 Å². The van der Waals surface area contributed by atoms with Crippen molar-refractivity contribution in [2.24, 2.45) is 0 Å². The van der Waals surface area contributed by atoms with E-state index in [0.29, 0.717) is 19.6 Å². The number of ether oxygens (including phenoxy) is 1. The number of hydrogen-bond donors (Lipinski definition) is 1. The van der Waals surface area contributed by atoms with Gasteiger partial charge in [0, 0.05) is 25.7 Å². The van der Waals surface area contributed by atoms with Gasteiger partial charge in [-0.2, -0.15) is 0 Å². The Hall–Kier alpha value is -0.320. The molecule has 0 atom stereocenters. The normalized spacial score (nSPS) is 12.9. The largest absolute Gasteiger partial charge is 0.375 e. The molecular formula is C12H25ClN2O2. The van der Waals surface area contributed by atoms with Crippen molar-refractivity contribution in [3.63, 3.8) is 0 Å². The van der Waals surface area contributed by atoms with Gasteiger partial charge in [0.25, 0.3) is 0 Å². The molecule has 0 unspecified atom stereocenters. The fourth-order valence-corrected chi connectivity index (χ4v) is 1.32. The Labute approximate surface area is 110 Å². The van der Waals surface area contributed by atoms with Gasteiger partial charge < -0.3 is 10.1 Å². The van der Waals surface area contributed by atoms with Crippen LogP contribution in [0.1, 0.15) is 40.5 Å². The van der Waals surface area contributed by atoms with Crippen LogP contribution in [0.25, 0.3) is 0 Å². The summed E-state index contributed by atoms with van der Waals surface area (Å²) < 4.78 is 7.50. The fourth-order valence-electron chi connectivity index (χ4n) is 1.24. The second-order valence-electron chi connectivity index (χ2n) is 5.47. The Bertz CT molecular complexity index is 231. The first-order chi connectivity index (χ1) is 7.71. The number of rotatable bonds is 9. The van der Waals surface area contributed by atoms with Crippen molar-refractivity contribution in [1.82, 2.24) is 9.74 Å². The molecule has 0 radical (unpaired) electrons. The molecule has 102 valence electrons. The summed E-state index contributed by atoms with van der Waals surface area (Å²) >= 11 is 5.95. The maximum Gasteiger partial charge on any atom is 0.207 e. The van der Waals surface area contributed by atoms with Crippen molar-refractivity contribution in [1.29, 1.82) is 0 Å². The van der Waals surface area contributed by atoms with Crippen LogP contribution in [0.5, 0.6) is 0 Å². The van der Waals surface area contributed by atoms with Crippen molar-refractivity contribution < 1.29 is 9.53 Å². The monoisotopic (exact) mass is 264 g/mol. The molecule has 0 aromatic rings. The van der Waals surface area contributed by atoms with E-state index >= 15 is 0 Å². The van der Waals surface area contributed by atoms with E-state index in [-0.39, 0.29) is 11.1 Å². The second kappa shape index (κ2) is 7.19. The molecule has 17 heavy (non-hydrogen) atoms. The third-order valence-corrected chi connectivity index (χ3v) is 3.45. The molecule has 0 fully saturated rings. The minimum absolute atomic E-state index is 0.0846. The Morgan fingerprint density at radius 2 is 1.88 bits per heavy atom. The quantitative estimate of drug-likeness (QED) is 0.394. The summed E-state index contributed by atoms with van der Waals surface area (Å²) in [7, 11) is 1.85. The van der Waals surface area contributed by atoms with Gasteiger partial charge in [-0.3, -0.25) is 4.79 Å². The highest BCUT2D eigenvalue weighted by Gasteiger charge is 2.24. The number of carbonyl (C=O) groups is 1. The molecule has 4 nitrogen and oxygen atoms in total. The van der Waals surface area contributed by atoms with Crippen molar-refractivity contribution in [3.05, 3.63) is 0 Å². The van der Waals surface area contributed by atoms with Crippen molar-refractivity contribution >= 4 is 18.2 Å². The minimum atomic E-state index is -0.225. The highest BCUT2D eigenvalue weighted by Crippen LogP contribution is 2.21. The molecule has 1 N–H and O–H groups in total. The summed E-state index contributed by atoms with van der Waals surface area (Å²) in [6.45, 7) is 9.48. The Morgan fingerprint density at radius 1 is 1.29 bits per heavy atom. The summed E-state index contributed by atoms with van der Waals surface area (Å²) in [5, 5.41) is 2.64. The number of amides is 1. The maximum atomic E-state index is 10.1. The highest BCUT2D eigenvalue weighted by molar-refractivity contribution is 6.13. The van der Waals surface area contributed by atoms with Gasteiger partial charge in [-0.25, -0.2) is 4.42 Å². The van der Waals surface area contributed by atoms with Gasteiger partial charge in [-0.1, -0.05) is 0 Å². The summed E-state index contributed by atoms with van der Waals surface area (Å²) in [4.78, 5) is 10.1. The van der Waals surface area contributed by atoms with Gasteiger partial charge in [-0.05, 0) is 52.3 Å². The molecule has 0 aliphatic carbocycles. The zero-order valence-corrected chi connectivity index (χ0v) is 12.3. The first-order valence-electron chi connectivity index (χ1n) is 5.92. The fraction of sp³-hybridized carbons (Fsp3) is 0.917. The summed E-state index contributed by atoms with van der Waals surface area (Å²) in [5.74, 6) is 0. The second-order valence-corrected chi connectivity index (χ2v) is 5.98. The summed E-state index contributed by atoms with van der Waals surface area (Å²) in [6.07, 6.45) is 2.36. The molecule has 0 aliphatic rings. The number of nitrogens with zero attached hydrogens (tertiary/aromatic N) is 1. The molecule has 0 saturated carbocycles. The van der Waals surface area contributed by atoms with Crippen molar-refractivity contribution in [2.75, 3.05) is 20.2 Å². The minimum Gasteiger partial charge on any atom is -0.375 e. The van der Waals surface area contributed by atoms with Crippen LogP contribution in [0.15, 0.2) is 0 Å². The number of hydrogen-bond acceptors (Lipinski definition) is 3. The highest BCUT2D eigenvalue weighted by atomic mass is 35.5. The average Bonchev–Trinajstić information content (AvgIpc) is 2.16. The molecule has 0 aliphatic heterocycles. The van der Waals surface area contributed by atoms with Crippen LogP contribution in [-0.2, 0) is 9.53 Å². The van der Waals surface area contributed by atoms with Crippen LogP contribution >= 0.6 is 11.8 Å². The lowest BCUT2D eigenvalue weighted by Crippen LogP contribution is -2.37. The van der Waals surface area contributed by atoms with E-state index in [1.54, 1.807) is 4.42 Å². The lowest BCUT2D eigenvalue weighted by molar-refractivity contribution is -0.109. The Balaban J connectivity index is 3.89. The maximum absolute atomic E-state index is 10.1. The lowest BCUT2D eigenvalue weighted by Gasteiger charge is -2.32. The zero-order chi connectivity index (χ0) is 13.5. The summed E-state index contributed by atoms with van der Waals surface area (Å²) in [5.41, 5.74) is -0.310. The molecule has 0 bridgehead atoms. The summed E-state index contributed by atoms with van der Waals surface area (Å²) in [6, 6.07) is 0. The van der Waals surface area contributed by atoms with Gasteiger partial charge >= 0.3 is 0 Å². The third kappa shape index (κ3) is 7.58. The third-order valence-electron chi connectivity index (χ3n) is 3.00. The molecule has 0 rings (SSSR count). The predicted octanol–water partition coefficient (Wildman–Crippen LogP) is 2.17. The SMILES string of the molecule is CN(Cl)C(C)(C)CCOC(C)(C)CCNC=O. The molecule has 0 aromatic carbocycles. The van der Waals surface area contributed by atoms with E-state index in [1.165, 1.54) is 0 Å². The van der Waals surface area contributed by atoms with Gasteiger partial charge in [-0.15, -0.1) is 0 Å². The Kier molecular flexibility index (Phi) is 7.05. The zero-order valence-electron chi connectivity index (χ0n) is 11.5. The van der Waals surface area contributed by atoms with Crippen LogP contribution < -0.4 is 5.32 Å². The van der Waals surface area contributed by atoms with E-state index in [9.17, 15) is 4.79 Å². The first-order valence-corrected chi connectivity index (χ1v) is 6.26. The molecule has 0 aromatic heterocycles. The average molecular weight is 265 g/mol. The van der Waals surface area contributed by atoms with Crippen LogP contribution in [0.2, 0.25) is 0 Å². The smallest absolute Gasteiger partial charge is 0.207 e. The predicted molar refractivity (Wildman–Crippen MR) is 71.0 cm³/mol. The van der Waals surface area contributed by atoms with Crippen LogP contribution in [0.3, 0.4) is 0 Å². The van der Waals surface area contributed by atoms with Crippen LogP contribution in [0, 0.1) is 0 Å². The van der Waals surface area contributed by atoms with E-state index in [2.05, 4.69) is 19.2 Å². The van der Waals surface area contributed by atoms with Gasteiger partial charge in [0.2, 0.25) is 6.41 Å². The van der Waals surface area contributed by atoms with Gasteiger partial charge in [0.05, 0.1) is 5.60 Å². The Morgan fingerprint density at radius 3 is 2.35 bits per heavy atom. The molecule has 1 amide bonds. The first kappa shape index (κ1) is 16.7.